The molecular formula is C10H11F2NO. The van der Waals surface area contributed by atoms with Crippen LogP contribution in [0.1, 0.15) is 23.6 Å². The van der Waals surface area contributed by atoms with E-state index in [-0.39, 0.29) is 17.4 Å². The minimum absolute atomic E-state index is 0.0214. The fraction of sp³-hybridized carbons (Fsp3) is 0.400. The zero-order chi connectivity index (χ0) is 10.3. The Hall–Kier alpha value is -1.16. The highest BCUT2D eigenvalue weighted by Crippen LogP contribution is 2.35. The van der Waals surface area contributed by atoms with Crippen molar-refractivity contribution in [1.82, 2.24) is 0 Å². The van der Waals surface area contributed by atoms with Crippen molar-refractivity contribution in [3.63, 3.8) is 0 Å². The Balaban J connectivity index is 2.63. The van der Waals surface area contributed by atoms with Gasteiger partial charge in [0.1, 0.15) is 0 Å². The normalized spacial score (nSPS) is 20.1. The predicted octanol–water partition coefficient (Wildman–Crippen LogP) is 2.06. The smallest absolute Gasteiger partial charge is 0.201 e. The van der Waals surface area contributed by atoms with Gasteiger partial charge in [-0.05, 0) is 18.6 Å². The Labute approximate surface area is 80.7 Å². The van der Waals surface area contributed by atoms with Crippen molar-refractivity contribution < 1.29 is 13.5 Å². The summed E-state index contributed by atoms with van der Waals surface area (Å²) in [6.45, 7) is 1.85. The van der Waals surface area contributed by atoms with Crippen LogP contribution in [-0.2, 0) is 0 Å². The van der Waals surface area contributed by atoms with E-state index < -0.39 is 11.6 Å². The Morgan fingerprint density at radius 1 is 1.43 bits per heavy atom. The van der Waals surface area contributed by atoms with Gasteiger partial charge in [0.15, 0.2) is 11.6 Å². The zero-order valence-corrected chi connectivity index (χ0v) is 7.81. The van der Waals surface area contributed by atoms with E-state index in [2.05, 4.69) is 0 Å². The molecule has 0 aliphatic carbocycles. The topological polar surface area (TPSA) is 35.2 Å². The van der Waals surface area contributed by atoms with Crippen molar-refractivity contribution in [3.05, 3.63) is 28.8 Å². The average Bonchev–Trinajstić information content (AvgIpc) is 2.17. The Morgan fingerprint density at radius 3 is 2.86 bits per heavy atom. The molecule has 0 radical (unpaired) electrons. The van der Waals surface area contributed by atoms with E-state index in [4.69, 9.17) is 10.5 Å². The lowest BCUT2D eigenvalue weighted by Crippen LogP contribution is -2.22. The van der Waals surface area contributed by atoms with Crippen LogP contribution in [0.15, 0.2) is 6.07 Å². The summed E-state index contributed by atoms with van der Waals surface area (Å²) in [6.07, 6.45) is 0.636. The second kappa shape index (κ2) is 3.20. The summed E-state index contributed by atoms with van der Waals surface area (Å²) < 4.78 is 31.6. The molecule has 2 N–H and O–H groups in total. The van der Waals surface area contributed by atoms with E-state index in [9.17, 15) is 8.78 Å². The fourth-order valence-corrected chi connectivity index (χ4v) is 1.63. The van der Waals surface area contributed by atoms with E-state index in [1.807, 2.05) is 0 Å². The van der Waals surface area contributed by atoms with Crippen molar-refractivity contribution in [2.24, 2.45) is 5.73 Å². The van der Waals surface area contributed by atoms with E-state index >= 15 is 0 Å². The van der Waals surface area contributed by atoms with Gasteiger partial charge < -0.3 is 10.5 Å². The molecule has 1 atom stereocenters. The van der Waals surface area contributed by atoms with E-state index in [1.54, 1.807) is 6.07 Å². The maximum absolute atomic E-state index is 13.4. The molecule has 76 valence electrons. The Kier molecular flexibility index (Phi) is 2.15. The van der Waals surface area contributed by atoms with Crippen LogP contribution in [0.3, 0.4) is 0 Å². The molecule has 1 heterocycles. The number of rotatable bonds is 0. The number of nitrogens with two attached hydrogens (primary N) is 1. The van der Waals surface area contributed by atoms with Crippen molar-refractivity contribution in [3.8, 4) is 5.75 Å². The number of aryl methyl sites for hydroxylation is 1. The lowest BCUT2D eigenvalue weighted by atomic mass is 9.99. The van der Waals surface area contributed by atoms with Gasteiger partial charge in [0.05, 0.1) is 6.61 Å². The first kappa shape index (κ1) is 9.40. The van der Waals surface area contributed by atoms with E-state index in [0.29, 0.717) is 18.6 Å². The summed E-state index contributed by atoms with van der Waals surface area (Å²) in [7, 11) is 0. The predicted molar refractivity (Wildman–Crippen MR) is 48.1 cm³/mol. The summed E-state index contributed by atoms with van der Waals surface area (Å²) in [4.78, 5) is 0. The number of hydrogen-bond donors (Lipinski definition) is 1. The molecule has 0 aromatic heterocycles. The number of halogens is 2. The lowest BCUT2D eigenvalue weighted by molar-refractivity contribution is 0.250. The number of benzene rings is 1. The third kappa shape index (κ3) is 1.26. The van der Waals surface area contributed by atoms with Crippen LogP contribution < -0.4 is 10.5 Å². The van der Waals surface area contributed by atoms with Gasteiger partial charge in [-0.15, -0.1) is 0 Å². The van der Waals surface area contributed by atoms with Crippen LogP contribution in [0.25, 0.3) is 0 Å². The van der Waals surface area contributed by atoms with Gasteiger partial charge in [0.25, 0.3) is 0 Å². The van der Waals surface area contributed by atoms with E-state index in [1.165, 1.54) is 6.92 Å². The fourth-order valence-electron chi connectivity index (χ4n) is 1.63. The lowest BCUT2D eigenvalue weighted by Gasteiger charge is -2.23. The first-order valence-electron chi connectivity index (χ1n) is 4.48. The molecule has 1 aromatic carbocycles. The maximum atomic E-state index is 13.4. The Bertz CT molecular complexity index is 379. The van der Waals surface area contributed by atoms with Crippen molar-refractivity contribution >= 4 is 0 Å². The summed E-state index contributed by atoms with van der Waals surface area (Å²) in [6, 6.07) is 1.30. The summed E-state index contributed by atoms with van der Waals surface area (Å²) in [5.41, 5.74) is 6.59. The van der Waals surface area contributed by atoms with Gasteiger partial charge in [-0.2, -0.15) is 4.39 Å². The van der Waals surface area contributed by atoms with Gasteiger partial charge in [-0.1, -0.05) is 0 Å². The minimum atomic E-state index is -0.921. The molecule has 0 saturated heterocycles. The van der Waals surface area contributed by atoms with Crippen LogP contribution in [-0.4, -0.2) is 6.61 Å². The van der Waals surface area contributed by atoms with Gasteiger partial charge in [0, 0.05) is 18.0 Å². The standard InChI is InChI=1S/C10H11F2NO/c1-5-4-6-7(13)2-3-14-10(6)9(12)8(5)11/h4,7H,2-3,13H2,1H3/t7-/m1/s1. The maximum Gasteiger partial charge on any atom is 0.201 e. The van der Waals surface area contributed by atoms with Gasteiger partial charge in [-0.25, -0.2) is 4.39 Å². The van der Waals surface area contributed by atoms with Gasteiger partial charge in [0.2, 0.25) is 5.82 Å². The molecule has 0 bridgehead atoms. The molecular weight excluding hydrogens is 188 g/mol. The Morgan fingerprint density at radius 2 is 2.14 bits per heavy atom. The summed E-state index contributed by atoms with van der Waals surface area (Å²) in [5, 5.41) is 0. The molecule has 1 aliphatic rings. The average molecular weight is 199 g/mol. The number of fused-ring (bicyclic) bond motifs is 1. The highest BCUT2D eigenvalue weighted by molar-refractivity contribution is 5.42. The van der Waals surface area contributed by atoms with Gasteiger partial charge >= 0.3 is 0 Å². The highest BCUT2D eigenvalue weighted by atomic mass is 19.2. The largest absolute Gasteiger partial charge is 0.490 e. The van der Waals surface area contributed by atoms with Crippen molar-refractivity contribution in [2.75, 3.05) is 6.61 Å². The van der Waals surface area contributed by atoms with Crippen molar-refractivity contribution in [2.45, 2.75) is 19.4 Å². The monoisotopic (exact) mass is 199 g/mol. The SMILES string of the molecule is Cc1cc2c(c(F)c1F)OCC[C@H]2N. The number of hydrogen-bond acceptors (Lipinski definition) is 2. The van der Waals surface area contributed by atoms with Crippen LogP contribution in [0.5, 0.6) is 5.75 Å². The first-order valence-corrected chi connectivity index (χ1v) is 4.48. The number of ether oxygens (including phenoxy) is 1. The summed E-state index contributed by atoms with van der Waals surface area (Å²) >= 11 is 0. The third-order valence-corrected chi connectivity index (χ3v) is 2.45. The molecule has 0 spiro atoms. The van der Waals surface area contributed by atoms with Crippen molar-refractivity contribution in [1.29, 1.82) is 0 Å². The molecule has 2 rings (SSSR count). The molecule has 1 aliphatic heterocycles. The molecule has 1 aromatic rings. The highest BCUT2D eigenvalue weighted by Gasteiger charge is 2.25. The van der Waals surface area contributed by atoms with E-state index in [0.717, 1.165) is 0 Å². The molecule has 2 nitrogen and oxygen atoms in total. The molecule has 0 unspecified atom stereocenters. The van der Waals surface area contributed by atoms with Crippen LogP contribution in [0.4, 0.5) is 8.78 Å². The molecule has 0 saturated carbocycles. The first-order chi connectivity index (χ1) is 6.61. The van der Waals surface area contributed by atoms with Crippen LogP contribution in [0.2, 0.25) is 0 Å². The molecule has 4 heteroatoms. The zero-order valence-electron chi connectivity index (χ0n) is 7.81. The molecule has 0 amide bonds. The molecule has 14 heavy (non-hydrogen) atoms. The minimum Gasteiger partial charge on any atom is -0.490 e. The van der Waals surface area contributed by atoms with Gasteiger partial charge in [-0.3, -0.25) is 0 Å². The van der Waals surface area contributed by atoms with Crippen LogP contribution >= 0.6 is 0 Å². The second-order valence-electron chi connectivity index (χ2n) is 3.48. The quantitative estimate of drug-likeness (QED) is 0.694. The second-order valence-corrected chi connectivity index (χ2v) is 3.48. The third-order valence-electron chi connectivity index (χ3n) is 2.45. The van der Waals surface area contributed by atoms with Crippen LogP contribution in [0, 0.1) is 18.6 Å². The summed E-state index contributed by atoms with van der Waals surface area (Å²) in [5.74, 6) is -1.79. The molecule has 0 fully saturated rings.